The van der Waals surface area contributed by atoms with Crippen molar-refractivity contribution in [3.05, 3.63) is 41.0 Å². The van der Waals surface area contributed by atoms with Crippen molar-refractivity contribution in [1.82, 2.24) is 15.2 Å². The van der Waals surface area contributed by atoms with Gasteiger partial charge >= 0.3 is 0 Å². The van der Waals surface area contributed by atoms with Gasteiger partial charge in [-0.2, -0.15) is 0 Å². The average Bonchev–Trinajstić information content (AvgIpc) is 3.48. The maximum Gasteiger partial charge on any atom is 0.243 e. The van der Waals surface area contributed by atoms with E-state index in [0.717, 1.165) is 41.0 Å². The molecule has 0 bridgehead atoms. The Balaban J connectivity index is 1.38. The number of nitrogens with two attached hydrogens (primary N) is 1. The number of nitrogens with one attached hydrogen (secondary N) is 1. The molecule has 3 N–H and O–H groups in total. The summed E-state index contributed by atoms with van der Waals surface area (Å²) in [6.07, 6.45) is 3.09. The SMILES string of the molecule is Cc1ncsc1-c1ccc(C(C)NC(=O)C2CCCN2C(=O)C(N)C2CCOCC2)cc1. The fraction of sp³-hybridized carbons (Fsp3) is 0.542. The van der Waals surface area contributed by atoms with Gasteiger partial charge in [0, 0.05) is 19.8 Å². The molecule has 32 heavy (non-hydrogen) atoms. The third-order valence-electron chi connectivity index (χ3n) is 6.67. The Labute approximate surface area is 193 Å². The zero-order valence-corrected chi connectivity index (χ0v) is 19.6. The topological polar surface area (TPSA) is 97.6 Å². The lowest BCUT2D eigenvalue weighted by molar-refractivity contribution is -0.141. The van der Waals surface area contributed by atoms with Crippen molar-refractivity contribution >= 4 is 23.2 Å². The summed E-state index contributed by atoms with van der Waals surface area (Å²) < 4.78 is 5.39. The number of hydrogen-bond acceptors (Lipinski definition) is 6. The van der Waals surface area contributed by atoms with Crippen LogP contribution < -0.4 is 11.1 Å². The van der Waals surface area contributed by atoms with Crippen molar-refractivity contribution in [1.29, 1.82) is 0 Å². The van der Waals surface area contributed by atoms with Crippen LogP contribution >= 0.6 is 11.3 Å². The Hall–Kier alpha value is -2.29. The van der Waals surface area contributed by atoms with Gasteiger partial charge < -0.3 is 20.7 Å². The highest BCUT2D eigenvalue weighted by molar-refractivity contribution is 7.13. The summed E-state index contributed by atoms with van der Waals surface area (Å²) >= 11 is 1.62. The molecular formula is C24H32N4O3S. The number of hydrogen-bond donors (Lipinski definition) is 2. The molecule has 0 radical (unpaired) electrons. The molecule has 8 heteroatoms. The molecule has 2 amide bonds. The molecular weight excluding hydrogens is 424 g/mol. The van der Waals surface area contributed by atoms with Crippen LogP contribution in [0.25, 0.3) is 10.4 Å². The number of likely N-dealkylation sites (tertiary alicyclic amines) is 1. The van der Waals surface area contributed by atoms with E-state index in [-0.39, 0.29) is 23.8 Å². The molecule has 3 atom stereocenters. The molecule has 2 fully saturated rings. The lowest BCUT2D eigenvalue weighted by Crippen LogP contribution is -2.54. The van der Waals surface area contributed by atoms with Gasteiger partial charge in [-0.25, -0.2) is 4.98 Å². The van der Waals surface area contributed by atoms with Gasteiger partial charge in [-0.15, -0.1) is 11.3 Å². The fourth-order valence-corrected chi connectivity index (χ4v) is 5.48. The average molecular weight is 457 g/mol. The van der Waals surface area contributed by atoms with E-state index in [9.17, 15) is 9.59 Å². The number of nitrogens with zero attached hydrogens (tertiary/aromatic N) is 2. The second-order valence-corrected chi connectivity index (χ2v) is 9.64. The van der Waals surface area contributed by atoms with Gasteiger partial charge in [0.05, 0.1) is 28.2 Å². The monoisotopic (exact) mass is 456 g/mol. The number of amides is 2. The van der Waals surface area contributed by atoms with E-state index in [2.05, 4.69) is 22.4 Å². The third-order valence-corrected chi connectivity index (χ3v) is 7.65. The molecule has 0 aliphatic carbocycles. The number of thiazole rings is 1. The van der Waals surface area contributed by atoms with Crippen molar-refractivity contribution in [2.24, 2.45) is 11.7 Å². The van der Waals surface area contributed by atoms with Crippen molar-refractivity contribution < 1.29 is 14.3 Å². The van der Waals surface area contributed by atoms with Crippen LogP contribution in [0.4, 0.5) is 0 Å². The molecule has 3 heterocycles. The lowest BCUT2D eigenvalue weighted by atomic mass is 9.91. The predicted molar refractivity (Wildman–Crippen MR) is 125 cm³/mol. The van der Waals surface area contributed by atoms with E-state index in [4.69, 9.17) is 10.5 Å². The number of rotatable bonds is 6. The molecule has 7 nitrogen and oxygen atoms in total. The standard InChI is InChI=1S/C24H32N4O3S/c1-15(17-5-7-19(8-6-17)22-16(2)26-14-32-22)27-23(29)20-4-3-11-28(20)24(30)21(25)18-9-12-31-13-10-18/h5-8,14-15,18,20-21H,3-4,9-13,25H2,1-2H3,(H,27,29). The second kappa shape index (κ2) is 10.1. The van der Waals surface area contributed by atoms with Crippen molar-refractivity contribution in [3.63, 3.8) is 0 Å². The predicted octanol–water partition coefficient (Wildman–Crippen LogP) is 3.04. The van der Waals surface area contributed by atoms with E-state index in [0.29, 0.717) is 26.2 Å². The smallest absolute Gasteiger partial charge is 0.243 e. The molecule has 2 aliphatic rings. The van der Waals surface area contributed by atoms with Gasteiger partial charge in [-0.1, -0.05) is 24.3 Å². The van der Waals surface area contributed by atoms with Crippen LogP contribution in [0.2, 0.25) is 0 Å². The van der Waals surface area contributed by atoms with Gasteiger partial charge in [0.2, 0.25) is 11.8 Å². The van der Waals surface area contributed by atoms with Crippen LogP contribution in [-0.4, -0.2) is 53.5 Å². The molecule has 2 aromatic rings. The Bertz CT molecular complexity index is 939. The summed E-state index contributed by atoms with van der Waals surface area (Å²) in [4.78, 5) is 33.3. The largest absolute Gasteiger partial charge is 0.381 e. The van der Waals surface area contributed by atoms with Gasteiger partial charge in [0.25, 0.3) is 0 Å². The van der Waals surface area contributed by atoms with E-state index >= 15 is 0 Å². The Morgan fingerprint density at radius 2 is 1.94 bits per heavy atom. The highest BCUT2D eigenvalue weighted by Gasteiger charge is 2.38. The molecule has 2 saturated heterocycles. The summed E-state index contributed by atoms with van der Waals surface area (Å²) in [5, 5.41) is 3.10. The number of ether oxygens (including phenoxy) is 1. The first-order valence-electron chi connectivity index (χ1n) is 11.4. The number of aromatic nitrogens is 1. The minimum Gasteiger partial charge on any atom is -0.381 e. The number of carbonyl (C=O) groups is 2. The number of benzene rings is 1. The first-order chi connectivity index (χ1) is 15.5. The normalized spacial score (nSPS) is 21.3. The third kappa shape index (κ3) is 4.87. The van der Waals surface area contributed by atoms with E-state index in [1.807, 2.05) is 31.5 Å². The fourth-order valence-electron chi connectivity index (χ4n) is 4.67. The Kier molecular flexibility index (Phi) is 7.23. The molecule has 172 valence electrons. The molecule has 2 aliphatic heterocycles. The first-order valence-corrected chi connectivity index (χ1v) is 12.3. The molecule has 0 spiro atoms. The first kappa shape index (κ1) is 22.9. The zero-order valence-electron chi connectivity index (χ0n) is 18.8. The Morgan fingerprint density at radius 1 is 1.22 bits per heavy atom. The highest BCUT2D eigenvalue weighted by atomic mass is 32.1. The van der Waals surface area contributed by atoms with E-state index in [1.54, 1.807) is 16.2 Å². The van der Waals surface area contributed by atoms with Crippen LogP contribution in [0.1, 0.15) is 49.9 Å². The number of carbonyl (C=O) groups excluding carboxylic acids is 2. The molecule has 3 unspecified atom stereocenters. The quantitative estimate of drug-likeness (QED) is 0.696. The van der Waals surface area contributed by atoms with E-state index < -0.39 is 12.1 Å². The molecule has 0 saturated carbocycles. The van der Waals surface area contributed by atoms with Gasteiger partial charge in [0.1, 0.15) is 6.04 Å². The lowest BCUT2D eigenvalue weighted by Gasteiger charge is -2.32. The van der Waals surface area contributed by atoms with Gasteiger partial charge in [0.15, 0.2) is 0 Å². The molecule has 4 rings (SSSR count). The van der Waals surface area contributed by atoms with E-state index in [1.165, 1.54) is 0 Å². The maximum atomic E-state index is 13.1. The van der Waals surface area contributed by atoms with Gasteiger partial charge in [-0.05, 0) is 56.6 Å². The zero-order chi connectivity index (χ0) is 22.7. The summed E-state index contributed by atoms with van der Waals surface area (Å²) in [6, 6.07) is 7.05. The van der Waals surface area contributed by atoms with Crippen LogP contribution in [0.3, 0.4) is 0 Å². The Morgan fingerprint density at radius 3 is 2.59 bits per heavy atom. The maximum absolute atomic E-state index is 13.1. The van der Waals surface area contributed by atoms with Crippen molar-refractivity contribution in [3.8, 4) is 10.4 Å². The molecule has 1 aromatic carbocycles. The van der Waals surface area contributed by atoms with Crippen LogP contribution in [0.5, 0.6) is 0 Å². The second-order valence-electron chi connectivity index (χ2n) is 8.78. The summed E-state index contributed by atoms with van der Waals surface area (Å²) in [5.41, 5.74) is 11.3. The van der Waals surface area contributed by atoms with Gasteiger partial charge in [-0.3, -0.25) is 9.59 Å². The highest BCUT2D eigenvalue weighted by Crippen LogP contribution is 2.29. The van der Waals surface area contributed by atoms with Crippen molar-refractivity contribution in [2.45, 2.75) is 57.7 Å². The minimum absolute atomic E-state index is 0.105. The van der Waals surface area contributed by atoms with Crippen LogP contribution in [-0.2, 0) is 14.3 Å². The summed E-state index contributed by atoms with van der Waals surface area (Å²) in [5.74, 6) is -0.0865. The summed E-state index contributed by atoms with van der Waals surface area (Å²) in [7, 11) is 0. The number of aryl methyl sites for hydroxylation is 1. The van der Waals surface area contributed by atoms with Crippen molar-refractivity contribution in [2.75, 3.05) is 19.8 Å². The van der Waals surface area contributed by atoms with Crippen LogP contribution in [0.15, 0.2) is 29.8 Å². The molecule has 1 aromatic heterocycles. The summed E-state index contributed by atoms with van der Waals surface area (Å²) in [6.45, 7) is 5.86. The van der Waals surface area contributed by atoms with Crippen LogP contribution in [0, 0.1) is 12.8 Å². The minimum atomic E-state index is -0.563.